The molecular weight excluding hydrogens is 251 g/mol. The second-order valence-corrected chi connectivity index (χ2v) is 3.82. The molecule has 0 aliphatic carbocycles. The van der Waals surface area contributed by atoms with E-state index in [1.54, 1.807) is 0 Å². The predicted octanol–water partition coefficient (Wildman–Crippen LogP) is 2.28. The topological polar surface area (TPSA) is 80.0 Å². The molecule has 0 saturated heterocycles. The summed E-state index contributed by atoms with van der Waals surface area (Å²) < 4.78 is 18.6. The third kappa shape index (κ3) is 3.06. The van der Waals surface area contributed by atoms with Gasteiger partial charge < -0.3 is 15.2 Å². The zero-order valence-corrected chi connectivity index (χ0v) is 10.3. The van der Waals surface area contributed by atoms with E-state index in [4.69, 9.17) is 0 Å². The van der Waals surface area contributed by atoms with E-state index in [9.17, 15) is 9.18 Å². The Morgan fingerprint density at radius 3 is 3.05 bits per heavy atom. The Balaban J connectivity index is 2.17. The van der Waals surface area contributed by atoms with Gasteiger partial charge in [0.25, 0.3) is 5.91 Å². The molecule has 2 N–H and O–H groups in total. The molecule has 0 radical (unpaired) electrons. The van der Waals surface area contributed by atoms with Crippen LogP contribution in [0.3, 0.4) is 0 Å². The molecular formula is C12H13FN4O2. The van der Waals surface area contributed by atoms with Gasteiger partial charge in [0.15, 0.2) is 11.6 Å². The Hall–Kier alpha value is -2.44. The molecule has 2 aromatic heterocycles. The molecule has 2 rings (SSSR count). The summed E-state index contributed by atoms with van der Waals surface area (Å²) in [5.41, 5.74) is 0.277. The minimum atomic E-state index is -0.676. The second-order valence-electron chi connectivity index (χ2n) is 3.82. The molecule has 0 saturated carbocycles. The summed E-state index contributed by atoms with van der Waals surface area (Å²) >= 11 is 0. The quantitative estimate of drug-likeness (QED) is 0.866. The molecule has 0 aromatic carbocycles. The highest BCUT2D eigenvalue weighted by molar-refractivity contribution is 6.04. The highest BCUT2D eigenvalue weighted by atomic mass is 19.1. The normalized spacial score (nSPS) is 10.2. The van der Waals surface area contributed by atoms with Crippen molar-refractivity contribution in [1.82, 2.24) is 10.1 Å². The fourth-order valence-corrected chi connectivity index (χ4v) is 1.45. The number of hydrogen-bond acceptors (Lipinski definition) is 5. The van der Waals surface area contributed by atoms with Crippen LogP contribution in [-0.4, -0.2) is 22.6 Å². The van der Waals surface area contributed by atoms with Gasteiger partial charge in [0.05, 0.1) is 11.8 Å². The van der Waals surface area contributed by atoms with E-state index in [1.165, 1.54) is 24.7 Å². The third-order valence-corrected chi connectivity index (χ3v) is 2.37. The molecule has 0 spiro atoms. The van der Waals surface area contributed by atoms with Gasteiger partial charge in [0.1, 0.15) is 12.0 Å². The molecule has 0 unspecified atom stereocenters. The molecule has 0 bridgehead atoms. The molecule has 1 amide bonds. The van der Waals surface area contributed by atoms with Crippen LogP contribution < -0.4 is 10.6 Å². The van der Waals surface area contributed by atoms with Gasteiger partial charge >= 0.3 is 0 Å². The highest BCUT2D eigenvalue weighted by Crippen LogP contribution is 2.16. The van der Waals surface area contributed by atoms with Crippen LogP contribution >= 0.6 is 0 Å². The monoisotopic (exact) mass is 264 g/mol. The summed E-state index contributed by atoms with van der Waals surface area (Å²) in [5, 5.41) is 8.73. The first kappa shape index (κ1) is 13.0. The number of nitrogens with one attached hydrogen (secondary N) is 2. The summed E-state index contributed by atoms with van der Waals surface area (Å²) in [6, 6.07) is 1.31. The van der Waals surface area contributed by atoms with Crippen LogP contribution in [0.2, 0.25) is 0 Å². The summed E-state index contributed by atoms with van der Waals surface area (Å²) in [6.45, 7) is 2.54. The minimum Gasteiger partial charge on any atom is -0.368 e. The Morgan fingerprint density at radius 2 is 2.37 bits per heavy atom. The first-order valence-corrected chi connectivity index (χ1v) is 5.81. The van der Waals surface area contributed by atoms with Gasteiger partial charge in [-0.05, 0) is 12.5 Å². The Labute approximate surface area is 109 Å². The van der Waals surface area contributed by atoms with Crippen LogP contribution in [0.5, 0.6) is 0 Å². The van der Waals surface area contributed by atoms with Gasteiger partial charge in [-0.2, -0.15) is 0 Å². The fraction of sp³-hybridized carbons (Fsp3) is 0.250. The number of nitrogens with zero attached hydrogens (tertiary/aromatic N) is 2. The summed E-state index contributed by atoms with van der Waals surface area (Å²) in [7, 11) is 0. The van der Waals surface area contributed by atoms with Crippen molar-refractivity contribution in [2.45, 2.75) is 13.3 Å². The van der Waals surface area contributed by atoms with Gasteiger partial charge in [-0.25, -0.2) is 9.37 Å². The number of amides is 1. The highest BCUT2D eigenvalue weighted by Gasteiger charge is 2.16. The van der Waals surface area contributed by atoms with Crippen molar-refractivity contribution in [3.63, 3.8) is 0 Å². The first-order valence-electron chi connectivity index (χ1n) is 5.81. The van der Waals surface area contributed by atoms with Crippen LogP contribution in [0, 0.1) is 5.82 Å². The van der Waals surface area contributed by atoms with Crippen molar-refractivity contribution >= 4 is 17.4 Å². The lowest BCUT2D eigenvalue weighted by molar-refractivity contribution is 0.102. The van der Waals surface area contributed by atoms with Gasteiger partial charge in [0.2, 0.25) is 0 Å². The van der Waals surface area contributed by atoms with E-state index in [0.717, 1.165) is 6.42 Å². The molecule has 7 heteroatoms. The molecule has 19 heavy (non-hydrogen) atoms. The summed E-state index contributed by atoms with van der Waals surface area (Å²) in [6.07, 6.45) is 4.79. The van der Waals surface area contributed by atoms with Gasteiger partial charge in [-0.3, -0.25) is 4.79 Å². The molecule has 2 heterocycles. The lowest BCUT2D eigenvalue weighted by Crippen LogP contribution is -2.15. The third-order valence-electron chi connectivity index (χ3n) is 2.37. The Morgan fingerprint density at radius 1 is 1.53 bits per heavy atom. The number of rotatable bonds is 5. The average molecular weight is 264 g/mol. The van der Waals surface area contributed by atoms with Crippen molar-refractivity contribution in [2.24, 2.45) is 0 Å². The van der Waals surface area contributed by atoms with E-state index in [-0.39, 0.29) is 11.4 Å². The molecule has 6 nitrogen and oxygen atoms in total. The van der Waals surface area contributed by atoms with Crippen LogP contribution in [0.15, 0.2) is 29.2 Å². The average Bonchev–Trinajstić information content (AvgIpc) is 2.90. The van der Waals surface area contributed by atoms with Crippen molar-refractivity contribution in [2.75, 3.05) is 17.2 Å². The lowest BCUT2D eigenvalue weighted by atomic mass is 10.2. The maximum Gasteiger partial charge on any atom is 0.258 e. The molecule has 0 atom stereocenters. The van der Waals surface area contributed by atoms with Crippen LogP contribution in [-0.2, 0) is 0 Å². The number of hydrogen-bond donors (Lipinski definition) is 2. The number of carbonyl (C=O) groups is 1. The summed E-state index contributed by atoms with van der Waals surface area (Å²) in [5.74, 6) is -1.19. The SMILES string of the molecule is CCCNc1nccc(C(=O)Nc2cnoc2)c1F. The van der Waals surface area contributed by atoms with Crippen molar-refractivity contribution < 1.29 is 13.7 Å². The van der Waals surface area contributed by atoms with Crippen LogP contribution in [0.4, 0.5) is 15.9 Å². The number of anilines is 2. The predicted molar refractivity (Wildman–Crippen MR) is 67.4 cm³/mol. The molecule has 0 fully saturated rings. The van der Waals surface area contributed by atoms with Gasteiger partial charge in [-0.15, -0.1) is 0 Å². The maximum absolute atomic E-state index is 14.1. The summed E-state index contributed by atoms with van der Waals surface area (Å²) in [4.78, 5) is 15.7. The lowest BCUT2D eigenvalue weighted by Gasteiger charge is -2.08. The smallest absolute Gasteiger partial charge is 0.258 e. The van der Waals surface area contributed by atoms with E-state index in [1.807, 2.05) is 6.92 Å². The number of halogens is 1. The molecule has 0 aliphatic heterocycles. The van der Waals surface area contributed by atoms with E-state index in [0.29, 0.717) is 12.2 Å². The molecule has 2 aromatic rings. The standard InChI is InChI=1S/C12H13FN4O2/c1-2-4-14-11-10(13)9(3-5-15-11)12(18)17-8-6-16-19-7-8/h3,5-7H,2,4H2,1H3,(H,14,15)(H,17,18). The van der Waals surface area contributed by atoms with Gasteiger partial charge in [-0.1, -0.05) is 12.1 Å². The van der Waals surface area contributed by atoms with Crippen molar-refractivity contribution in [3.05, 3.63) is 36.1 Å². The second kappa shape index (κ2) is 5.94. The molecule has 0 aliphatic rings. The number of carbonyl (C=O) groups excluding carboxylic acids is 1. The number of pyridine rings is 1. The van der Waals surface area contributed by atoms with Gasteiger partial charge in [0, 0.05) is 12.7 Å². The maximum atomic E-state index is 14.1. The number of aromatic nitrogens is 2. The first-order chi connectivity index (χ1) is 9.22. The molecule has 100 valence electrons. The Bertz CT molecular complexity index is 557. The zero-order chi connectivity index (χ0) is 13.7. The van der Waals surface area contributed by atoms with Crippen molar-refractivity contribution in [1.29, 1.82) is 0 Å². The fourth-order valence-electron chi connectivity index (χ4n) is 1.45. The van der Waals surface area contributed by atoms with E-state index < -0.39 is 11.7 Å². The van der Waals surface area contributed by atoms with Crippen LogP contribution in [0.25, 0.3) is 0 Å². The van der Waals surface area contributed by atoms with E-state index in [2.05, 4.69) is 25.3 Å². The largest absolute Gasteiger partial charge is 0.368 e. The van der Waals surface area contributed by atoms with Crippen molar-refractivity contribution in [3.8, 4) is 0 Å². The Kier molecular flexibility index (Phi) is 4.07. The van der Waals surface area contributed by atoms with E-state index >= 15 is 0 Å². The van der Waals surface area contributed by atoms with Crippen LogP contribution in [0.1, 0.15) is 23.7 Å². The zero-order valence-electron chi connectivity index (χ0n) is 10.3. The minimum absolute atomic E-state index is 0.0693.